The number of rotatable bonds is 3. The summed E-state index contributed by atoms with van der Waals surface area (Å²) in [6, 6.07) is 0. The molecule has 1 aliphatic rings. The van der Waals surface area contributed by atoms with Gasteiger partial charge in [0.25, 0.3) is 0 Å². The molecule has 0 saturated heterocycles. The van der Waals surface area contributed by atoms with E-state index in [-0.39, 0.29) is 19.2 Å². The van der Waals surface area contributed by atoms with Crippen LogP contribution in [0.15, 0.2) is 0 Å². The first-order chi connectivity index (χ1) is 4.88. The van der Waals surface area contributed by atoms with Crippen LogP contribution in [0.4, 0.5) is 4.39 Å². The Bertz CT molecular complexity index is 85.3. The van der Waals surface area contributed by atoms with Gasteiger partial charge in [-0.1, -0.05) is 25.7 Å². The molecule has 1 nitrogen and oxygen atoms in total. The number of halogens is 1. The van der Waals surface area contributed by atoms with Crippen LogP contribution in [0.25, 0.3) is 0 Å². The average molecular weight is 146 g/mol. The molecule has 2 heteroatoms. The molecule has 0 spiro atoms. The van der Waals surface area contributed by atoms with Crippen molar-refractivity contribution in [3.8, 4) is 0 Å². The van der Waals surface area contributed by atoms with Gasteiger partial charge < -0.3 is 5.11 Å². The van der Waals surface area contributed by atoms with E-state index in [0.29, 0.717) is 5.92 Å². The van der Waals surface area contributed by atoms with Gasteiger partial charge in [0.1, 0.15) is 0 Å². The predicted octanol–water partition coefficient (Wildman–Crippen LogP) is 1.75. The highest BCUT2D eigenvalue weighted by Crippen LogP contribution is 2.31. The van der Waals surface area contributed by atoms with Gasteiger partial charge in [0.15, 0.2) is 0 Å². The van der Waals surface area contributed by atoms with Crippen molar-refractivity contribution in [1.82, 2.24) is 0 Å². The van der Waals surface area contributed by atoms with E-state index in [4.69, 9.17) is 5.11 Å². The van der Waals surface area contributed by atoms with E-state index in [1.165, 1.54) is 12.8 Å². The summed E-state index contributed by atoms with van der Waals surface area (Å²) in [5.41, 5.74) is 0. The minimum absolute atomic E-state index is 0.0289. The van der Waals surface area contributed by atoms with Crippen LogP contribution in [0.1, 0.15) is 25.7 Å². The smallest absolute Gasteiger partial charge is 0.0947 e. The summed E-state index contributed by atoms with van der Waals surface area (Å²) in [5.74, 6) is 0.400. The maximum absolute atomic E-state index is 12.1. The molecule has 1 fully saturated rings. The molecule has 0 amide bonds. The van der Waals surface area contributed by atoms with E-state index in [1.54, 1.807) is 0 Å². The van der Waals surface area contributed by atoms with Crippen molar-refractivity contribution >= 4 is 0 Å². The van der Waals surface area contributed by atoms with Crippen LogP contribution in [-0.4, -0.2) is 18.4 Å². The third-order valence-corrected chi connectivity index (χ3v) is 2.50. The van der Waals surface area contributed by atoms with E-state index in [2.05, 4.69) is 0 Å². The Labute approximate surface area is 61.2 Å². The zero-order valence-corrected chi connectivity index (χ0v) is 6.22. The maximum atomic E-state index is 12.1. The Morgan fingerprint density at radius 1 is 1.40 bits per heavy atom. The fourth-order valence-electron chi connectivity index (χ4n) is 1.75. The molecule has 0 aliphatic heterocycles. The van der Waals surface area contributed by atoms with Crippen LogP contribution in [0.3, 0.4) is 0 Å². The Balaban J connectivity index is 2.29. The quantitative estimate of drug-likeness (QED) is 0.643. The molecular weight excluding hydrogens is 131 g/mol. The van der Waals surface area contributed by atoms with E-state index in [0.717, 1.165) is 12.8 Å². The van der Waals surface area contributed by atoms with Crippen molar-refractivity contribution in [2.24, 2.45) is 11.8 Å². The molecule has 0 aromatic rings. The predicted molar refractivity (Wildman–Crippen MR) is 38.5 cm³/mol. The van der Waals surface area contributed by atoms with Crippen LogP contribution in [0.2, 0.25) is 0 Å². The summed E-state index contributed by atoms with van der Waals surface area (Å²) in [6.45, 7) is -0.317. The monoisotopic (exact) mass is 146 g/mol. The zero-order valence-electron chi connectivity index (χ0n) is 6.22. The van der Waals surface area contributed by atoms with Crippen molar-refractivity contribution in [3.63, 3.8) is 0 Å². The molecule has 0 aromatic carbocycles. The average Bonchev–Trinajstić information content (AvgIpc) is 2.43. The maximum Gasteiger partial charge on any atom is 0.0947 e. The molecule has 0 radical (unpaired) electrons. The number of aliphatic hydroxyl groups is 1. The molecule has 0 heterocycles. The normalized spacial score (nSPS) is 23.4. The molecule has 0 bridgehead atoms. The first-order valence-corrected chi connectivity index (χ1v) is 4.05. The van der Waals surface area contributed by atoms with Gasteiger partial charge in [0, 0.05) is 12.5 Å². The van der Waals surface area contributed by atoms with Gasteiger partial charge >= 0.3 is 0 Å². The number of aliphatic hydroxyl groups excluding tert-OH is 1. The highest BCUT2D eigenvalue weighted by molar-refractivity contribution is 4.74. The van der Waals surface area contributed by atoms with Crippen LogP contribution < -0.4 is 0 Å². The second-order valence-electron chi connectivity index (χ2n) is 3.14. The summed E-state index contributed by atoms with van der Waals surface area (Å²) in [6.07, 6.45) is 4.69. The lowest BCUT2D eigenvalue weighted by Gasteiger charge is -2.16. The fourth-order valence-corrected chi connectivity index (χ4v) is 1.75. The van der Waals surface area contributed by atoms with Crippen LogP contribution in [0, 0.1) is 11.8 Å². The third kappa shape index (κ3) is 1.69. The Hall–Kier alpha value is -0.110. The molecular formula is C8H15FO. The van der Waals surface area contributed by atoms with Crippen LogP contribution in [0.5, 0.6) is 0 Å². The van der Waals surface area contributed by atoms with E-state index >= 15 is 0 Å². The largest absolute Gasteiger partial charge is 0.396 e. The third-order valence-electron chi connectivity index (χ3n) is 2.50. The molecule has 1 aliphatic carbocycles. The van der Waals surface area contributed by atoms with E-state index < -0.39 is 0 Å². The molecule has 1 atom stereocenters. The van der Waals surface area contributed by atoms with Gasteiger partial charge in [-0.2, -0.15) is 0 Å². The standard InChI is InChI=1S/C8H15FO/c9-5-8(6-10)7-3-1-2-4-7/h7-8,10H,1-6H2. The van der Waals surface area contributed by atoms with Crippen LogP contribution >= 0.6 is 0 Å². The molecule has 0 aromatic heterocycles. The van der Waals surface area contributed by atoms with Gasteiger partial charge in [0.2, 0.25) is 0 Å². The highest BCUT2D eigenvalue weighted by atomic mass is 19.1. The highest BCUT2D eigenvalue weighted by Gasteiger charge is 2.23. The molecule has 1 rings (SSSR count). The minimum Gasteiger partial charge on any atom is -0.396 e. The lowest BCUT2D eigenvalue weighted by molar-refractivity contribution is 0.148. The molecule has 10 heavy (non-hydrogen) atoms. The topological polar surface area (TPSA) is 20.2 Å². The van der Waals surface area contributed by atoms with Gasteiger partial charge in [-0.15, -0.1) is 0 Å². The fraction of sp³-hybridized carbons (Fsp3) is 1.00. The SMILES string of the molecule is OCC(CF)C1CCCC1. The minimum atomic E-state index is -0.346. The Morgan fingerprint density at radius 2 is 2.00 bits per heavy atom. The van der Waals surface area contributed by atoms with Gasteiger partial charge in [-0.3, -0.25) is 4.39 Å². The second kappa shape index (κ2) is 3.91. The molecule has 60 valence electrons. The Kier molecular flexibility index (Phi) is 3.13. The summed E-state index contributed by atoms with van der Waals surface area (Å²) in [5, 5.41) is 8.75. The van der Waals surface area contributed by atoms with E-state index in [9.17, 15) is 4.39 Å². The summed E-state index contributed by atoms with van der Waals surface area (Å²) < 4.78 is 12.1. The zero-order chi connectivity index (χ0) is 7.40. The first kappa shape index (κ1) is 7.99. The van der Waals surface area contributed by atoms with Crippen molar-refractivity contribution in [2.75, 3.05) is 13.3 Å². The second-order valence-corrected chi connectivity index (χ2v) is 3.14. The molecule has 1 unspecified atom stereocenters. The van der Waals surface area contributed by atoms with E-state index in [1.807, 2.05) is 0 Å². The molecule has 1 saturated carbocycles. The Morgan fingerprint density at radius 3 is 2.40 bits per heavy atom. The summed E-state index contributed by atoms with van der Waals surface area (Å²) >= 11 is 0. The lowest BCUT2D eigenvalue weighted by Crippen LogP contribution is -2.17. The summed E-state index contributed by atoms with van der Waals surface area (Å²) in [4.78, 5) is 0. The van der Waals surface area contributed by atoms with Crippen molar-refractivity contribution < 1.29 is 9.50 Å². The van der Waals surface area contributed by atoms with Crippen LogP contribution in [-0.2, 0) is 0 Å². The number of hydrogen-bond acceptors (Lipinski definition) is 1. The lowest BCUT2D eigenvalue weighted by atomic mass is 9.93. The van der Waals surface area contributed by atoms with Gasteiger partial charge in [-0.05, 0) is 5.92 Å². The van der Waals surface area contributed by atoms with Crippen molar-refractivity contribution in [1.29, 1.82) is 0 Å². The summed E-state index contributed by atoms with van der Waals surface area (Å²) in [7, 11) is 0. The van der Waals surface area contributed by atoms with Crippen molar-refractivity contribution in [3.05, 3.63) is 0 Å². The number of hydrogen-bond donors (Lipinski definition) is 1. The molecule has 1 N–H and O–H groups in total. The van der Waals surface area contributed by atoms with Gasteiger partial charge in [0.05, 0.1) is 6.67 Å². The van der Waals surface area contributed by atoms with Gasteiger partial charge in [-0.25, -0.2) is 0 Å². The van der Waals surface area contributed by atoms with Crippen molar-refractivity contribution in [2.45, 2.75) is 25.7 Å². The number of alkyl halides is 1. The first-order valence-electron chi connectivity index (χ1n) is 4.05.